The highest BCUT2D eigenvalue weighted by Crippen LogP contribution is 2.28. The third-order valence-corrected chi connectivity index (χ3v) is 5.81. The maximum absolute atomic E-state index is 12.5. The van der Waals surface area contributed by atoms with Gasteiger partial charge >= 0.3 is 0 Å². The monoisotopic (exact) mass is 265 g/mol. The van der Waals surface area contributed by atoms with Gasteiger partial charge in [-0.25, -0.2) is 0 Å². The first-order valence-electron chi connectivity index (χ1n) is 6.75. The first-order valence-corrected chi connectivity index (χ1v) is 8.13. The van der Waals surface area contributed by atoms with Gasteiger partial charge in [-0.15, -0.1) is 0 Å². The van der Waals surface area contributed by atoms with Gasteiger partial charge in [0, 0.05) is 22.6 Å². The van der Waals surface area contributed by atoms with Crippen LogP contribution in [0.5, 0.6) is 0 Å². The van der Waals surface area contributed by atoms with Gasteiger partial charge in [-0.1, -0.05) is 31.2 Å². The maximum Gasteiger partial charge on any atom is 0.0504 e. The molecule has 1 aromatic carbocycles. The van der Waals surface area contributed by atoms with E-state index >= 15 is 0 Å². The highest BCUT2D eigenvalue weighted by atomic mass is 32.2. The predicted molar refractivity (Wildman–Crippen MR) is 77.8 cm³/mol. The molecule has 18 heavy (non-hydrogen) atoms. The average Bonchev–Trinajstić information content (AvgIpc) is 2.35. The largest absolute Gasteiger partial charge is 0.327 e. The van der Waals surface area contributed by atoms with E-state index in [2.05, 4.69) is 26.0 Å². The summed E-state index contributed by atoms with van der Waals surface area (Å²) < 4.78 is 12.5. The van der Waals surface area contributed by atoms with E-state index in [1.54, 1.807) is 0 Å². The van der Waals surface area contributed by atoms with Crippen LogP contribution in [0.4, 0.5) is 0 Å². The second-order valence-corrected chi connectivity index (χ2v) is 7.23. The van der Waals surface area contributed by atoms with Crippen LogP contribution >= 0.6 is 0 Å². The number of hydrogen-bond donors (Lipinski definition) is 1. The summed E-state index contributed by atoms with van der Waals surface area (Å²) in [5, 5.41) is 0.174. The van der Waals surface area contributed by atoms with Crippen molar-refractivity contribution in [2.24, 2.45) is 11.7 Å². The molecule has 1 aliphatic rings. The average molecular weight is 265 g/mol. The number of rotatable bonds is 3. The molecule has 4 unspecified atom stereocenters. The lowest BCUT2D eigenvalue weighted by atomic mass is 9.87. The molecule has 0 bridgehead atoms. The Kier molecular flexibility index (Phi) is 4.57. The van der Waals surface area contributed by atoms with Gasteiger partial charge in [0.25, 0.3) is 0 Å². The number of benzene rings is 1. The van der Waals surface area contributed by atoms with Crippen molar-refractivity contribution in [1.29, 1.82) is 0 Å². The lowest BCUT2D eigenvalue weighted by Gasteiger charge is -2.31. The molecule has 2 rings (SSSR count). The summed E-state index contributed by atoms with van der Waals surface area (Å²) in [7, 11) is -0.844. The van der Waals surface area contributed by atoms with Crippen molar-refractivity contribution >= 4 is 10.8 Å². The summed E-state index contributed by atoms with van der Waals surface area (Å²) in [5.74, 6) is 1.31. The molecule has 4 atom stereocenters. The van der Waals surface area contributed by atoms with Crippen molar-refractivity contribution in [2.75, 3.05) is 0 Å². The van der Waals surface area contributed by atoms with Crippen LogP contribution in [0, 0.1) is 12.8 Å². The molecule has 0 heterocycles. The smallest absolute Gasteiger partial charge is 0.0504 e. The molecule has 0 amide bonds. The lowest BCUT2D eigenvalue weighted by Crippen LogP contribution is -2.42. The van der Waals surface area contributed by atoms with Crippen molar-refractivity contribution in [1.82, 2.24) is 0 Å². The maximum atomic E-state index is 12.5. The fourth-order valence-electron chi connectivity index (χ4n) is 2.69. The molecule has 0 aromatic heterocycles. The Hall–Kier alpha value is -0.670. The van der Waals surface area contributed by atoms with Gasteiger partial charge in [-0.2, -0.15) is 0 Å². The predicted octanol–water partition coefficient (Wildman–Crippen LogP) is 2.76. The van der Waals surface area contributed by atoms with Crippen LogP contribution < -0.4 is 5.73 Å². The van der Waals surface area contributed by atoms with E-state index in [-0.39, 0.29) is 11.3 Å². The first-order chi connectivity index (χ1) is 8.58. The molecule has 1 aliphatic carbocycles. The summed E-state index contributed by atoms with van der Waals surface area (Å²) in [6.07, 6.45) is 3.21. The van der Waals surface area contributed by atoms with Gasteiger partial charge in [-0.3, -0.25) is 4.21 Å². The molecular weight excluding hydrogens is 242 g/mol. The van der Waals surface area contributed by atoms with Crippen molar-refractivity contribution < 1.29 is 4.21 Å². The molecule has 0 aliphatic heterocycles. The third-order valence-electron chi connectivity index (χ3n) is 4.00. The van der Waals surface area contributed by atoms with E-state index in [9.17, 15) is 4.21 Å². The molecular formula is C15H23NOS. The topological polar surface area (TPSA) is 43.1 Å². The molecule has 2 N–H and O–H groups in total. The van der Waals surface area contributed by atoms with Gasteiger partial charge < -0.3 is 5.73 Å². The molecule has 1 fully saturated rings. The standard InChI is InChI=1S/C15H23NOS/c1-11-7-8-14(16)15(9-11)18(17)10-13-6-4-3-5-12(13)2/h3-6,11,14-15H,7-10,16H2,1-2H3. The molecule has 3 heteroatoms. The van der Waals surface area contributed by atoms with Crippen molar-refractivity contribution in [3.05, 3.63) is 35.4 Å². The highest BCUT2D eigenvalue weighted by Gasteiger charge is 2.30. The van der Waals surface area contributed by atoms with E-state index in [4.69, 9.17) is 5.73 Å². The zero-order chi connectivity index (χ0) is 13.1. The summed E-state index contributed by atoms with van der Waals surface area (Å²) in [5.41, 5.74) is 8.56. The van der Waals surface area contributed by atoms with Crippen LogP contribution in [0.2, 0.25) is 0 Å². The SMILES string of the molecule is Cc1ccccc1CS(=O)C1CC(C)CCC1N. The normalized spacial score (nSPS) is 30.1. The molecule has 0 spiro atoms. The van der Waals surface area contributed by atoms with E-state index in [0.29, 0.717) is 11.7 Å². The zero-order valence-corrected chi connectivity index (χ0v) is 12.1. The van der Waals surface area contributed by atoms with Crippen LogP contribution in [0.1, 0.15) is 37.3 Å². The van der Waals surface area contributed by atoms with Crippen LogP contribution in [0.15, 0.2) is 24.3 Å². The minimum absolute atomic E-state index is 0.117. The molecule has 1 saturated carbocycles. The summed E-state index contributed by atoms with van der Waals surface area (Å²) in [6.45, 7) is 4.32. The number of nitrogens with two attached hydrogens (primary N) is 1. The summed E-state index contributed by atoms with van der Waals surface area (Å²) in [4.78, 5) is 0. The molecule has 1 aromatic rings. The van der Waals surface area contributed by atoms with Gasteiger partial charge in [0.05, 0.1) is 5.25 Å². The molecule has 100 valence electrons. The Bertz CT molecular complexity index is 432. The van der Waals surface area contributed by atoms with Gasteiger partial charge in [-0.05, 0) is 43.2 Å². The molecule has 2 nitrogen and oxygen atoms in total. The zero-order valence-electron chi connectivity index (χ0n) is 11.3. The minimum Gasteiger partial charge on any atom is -0.327 e. The van der Waals surface area contributed by atoms with Crippen molar-refractivity contribution in [3.8, 4) is 0 Å². The van der Waals surface area contributed by atoms with Crippen LogP contribution in [-0.4, -0.2) is 15.5 Å². The second-order valence-electron chi connectivity index (χ2n) is 5.57. The lowest BCUT2D eigenvalue weighted by molar-refractivity contribution is 0.353. The second kappa shape index (κ2) is 5.98. The number of hydrogen-bond acceptors (Lipinski definition) is 2. The van der Waals surface area contributed by atoms with Crippen LogP contribution in [0.25, 0.3) is 0 Å². The van der Waals surface area contributed by atoms with Gasteiger partial charge in [0.2, 0.25) is 0 Å². The fourth-order valence-corrected chi connectivity index (χ4v) is 4.60. The molecule has 0 radical (unpaired) electrons. The Morgan fingerprint density at radius 3 is 2.78 bits per heavy atom. The third kappa shape index (κ3) is 3.21. The van der Waals surface area contributed by atoms with Crippen molar-refractivity contribution in [3.63, 3.8) is 0 Å². The van der Waals surface area contributed by atoms with Crippen LogP contribution in [-0.2, 0) is 16.6 Å². The minimum atomic E-state index is -0.844. The quantitative estimate of drug-likeness (QED) is 0.913. The van der Waals surface area contributed by atoms with Gasteiger partial charge in [0.1, 0.15) is 0 Å². The van der Waals surface area contributed by atoms with E-state index < -0.39 is 10.8 Å². The Morgan fingerprint density at radius 2 is 2.06 bits per heavy atom. The van der Waals surface area contributed by atoms with Crippen LogP contribution in [0.3, 0.4) is 0 Å². The summed E-state index contributed by atoms with van der Waals surface area (Å²) in [6, 6.07) is 8.31. The van der Waals surface area contributed by atoms with E-state index in [1.165, 1.54) is 17.5 Å². The first kappa shape index (κ1) is 13.8. The Morgan fingerprint density at radius 1 is 1.33 bits per heavy atom. The number of aryl methyl sites for hydroxylation is 1. The van der Waals surface area contributed by atoms with E-state index in [0.717, 1.165) is 12.8 Å². The highest BCUT2D eigenvalue weighted by molar-refractivity contribution is 7.84. The Labute approximate surface area is 112 Å². The van der Waals surface area contributed by atoms with Gasteiger partial charge in [0.15, 0.2) is 0 Å². The fraction of sp³-hybridized carbons (Fsp3) is 0.600. The Balaban J connectivity index is 2.05. The van der Waals surface area contributed by atoms with Crippen molar-refractivity contribution in [2.45, 2.75) is 50.2 Å². The summed E-state index contributed by atoms with van der Waals surface area (Å²) >= 11 is 0. The van der Waals surface area contributed by atoms with E-state index in [1.807, 2.05) is 12.1 Å². The molecule has 0 saturated heterocycles.